The molecule has 0 bridgehead atoms. The van der Waals surface area contributed by atoms with Crippen LogP contribution in [0.4, 0.5) is 8.78 Å². The quantitative estimate of drug-likeness (QED) is 0.360. The van der Waals surface area contributed by atoms with Gasteiger partial charge in [-0.3, -0.25) is 8.37 Å². The van der Waals surface area contributed by atoms with Gasteiger partial charge in [0.25, 0.3) is 20.2 Å². The van der Waals surface area contributed by atoms with Crippen LogP contribution in [0.1, 0.15) is 32.1 Å². The highest BCUT2D eigenvalue weighted by molar-refractivity contribution is 7.87. The first kappa shape index (κ1) is 23.4. The average molecular weight is 449 g/mol. The molecule has 2 rings (SSSR count). The van der Waals surface area contributed by atoms with Gasteiger partial charge >= 0.3 is 0 Å². The van der Waals surface area contributed by atoms with Crippen molar-refractivity contribution in [2.45, 2.75) is 41.9 Å². The van der Waals surface area contributed by atoms with Crippen LogP contribution in [-0.2, 0) is 28.6 Å². The van der Waals surface area contributed by atoms with Gasteiger partial charge in [-0.15, -0.1) is 0 Å². The second kappa shape index (κ2) is 10.8. The Bertz CT molecular complexity index is 891. The zero-order chi connectivity index (χ0) is 21.3. The number of hydrogen-bond acceptors (Lipinski definition) is 6. The Kier molecular flexibility index (Phi) is 8.69. The fourth-order valence-electron chi connectivity index (χ4n) is 2.41. The minimum atomic E-state index is -3.90. The Morgan fingerprint density at radius 1 is 0.552 bits per heavy atom. The molecule has 2 aromatic rings. The van der Waals surface area contributed by atoms with Crippen LogP contribution < -0.4 is 0 Å². The van der Waals surface area contributed by atoms with Crippen molar-refractivity contribution in [2.24, 2.45) is 0 Å². The molecule has 29 heavy (non-hydrogen) atoms. The fraction of sp³-hybridized carbons (Fsp3) is 0.368. The predicted molar refractivity (Wildman–Crippen MR) is 102 cm³/mol. The molecular formula is C19H22F2O6S2. The molecule has 0 aliphatic heterocycles. The van der Waals surface area contributed by atoms with Crippen molar-refractivity contribution in [1.82, 2.24) is 0 Å². The Hall–Kier alpha value is -1.88. The van der Waals surface area contributed by atoms with Crippen molar-refractivity contribution >= 4 is 20.2 Å². The lowest BCUT2D eigenvalue weighted by molar-refractivity contribution is 0.297. The van der Waals surface area contributed by atoms with Crippen LogP contribution in [0.3, 0.4) is 0 Å². The molecule has 0 amide bonds. The molecule has 0 aliphatic rings. The van der Waals surface area contributed by atoms with E-state index in [0.29, 0.717) is 25.7 Å². The molecule has 0 fully saturated rings. The molecule has 0 radical (unpaired) electrons. The number of benzene rings is 2. The van der Waals surface area contributed by atoms with Crippen molar-refractivity contribution in [2.75, 3.05) is 13.2 Å². The Balaban J connectivity index is 1.58. The normalized spacial score (nSPS) is 12.2. The van der Waals surface area contributed by atoms with E-state index in [4.69, 9.17) is 8.37 Å². The van der Waals surface area contributed by atoms with Crippen molar-refractivity contribution in [3.63, 3.8) is 0 Å². The molecule has 0 unspecified atom stereocenters. The largest absolute Gasteiger partial charge is 0.296 e. The third kappa shape index (κ3) is 7.81. The number of unbranched alkanes of at least 4 members (excludes halogenated alkanes) is 4. The van der Waals surface area contributed by atoms with E-state index < -0.39 is 31.9 Å². The first-order valence-corrected chi connectivity index (χ1v) is 11.8. The summed E-state index contributed by atoms with van der Waals surface area (Å²) in [7, 11) is -7.80. The van der Waals surface area contributed by atoms with Crippen LogP contribution in [0.25, 0.3) is 0 Å². The molecule has 0 saturated carbocycles. The van der Waals surface area contributed by atoms with Crippen molar-refractivity contribution < 1.29 is 34.0 Å². The van der Waals surface area contributed by atoms with E-state index in [1.807, 2.05) is 0 Å². The summed E-state index contributed by atoms with van der Waals surface area (Å²) in [4.78, 5) is -0.197. The van der Waals surface area contributed by atoms with Crippen LogP contribution in [-0.4, -0.2) is 30.0 Å². The third-order valence-corrected chi connectivity index (χ3v) is 6.62. The lowest BCUT2D eigenvalue weighted by Gasteiger charge is -2.07. The molecule has 160 valence electrons. The van der Waals surface area contributed by atoms with Crippen molar-refractivity contribution in [1.29, 1.82) is 0 Å². The number of hydrogen-bond donors (Lipinski definition) is 0. The van der Waals surface area contributed by atoms with Gasteiger partial charge in [-0.2, -0.15) is 16.8 Å². The molecular weight excluding hydrogens is 426 g/mol. The Morgan fingerprint density at radius 2 is 0.862 bits per heavy atom. The summed E-state index contributed by atoms with van der Waals surface area (Å²) >= 11 is 0. The summed E-state index contributed by atoms with van der Waals surface area (Å²) in [5.41, 5.74) is 0. The second-order valence-electron chi connectivity index (χ2n) is 6.23. The molecule has 2 aromatic carbocycles. The second-order valence-corrected chi connectivity index (χ2v) is 9.46. The molecule has 6 nitrogen and oxygen atoms in total. The van der Waals surface area contributed by atoms with Gasteiger partial charge in [-0.25, -0.2) is 8.78 Å². The molecule has 10 heteroatoms. The molecule has 0 heterocycles. The van der Waals surface area contributed by atoms with Crippen LogP contribution in [0.5, 0.6) is 0 Å². The molecule has 0 N–H and O–H groups in total. The first-order chi connectivity index (χ1) is 13.7. The summed E-state index contributed by atoms with van der Waals surface area (Å²) in [5.74, 6) is -1.06. The molecule has 0 spiro atoms. The van der Waals surface area contributed by atoms with Gasteiger partial charge in [0.2, 0.25) is 0 Å². The minimum absolute atomic E-state index is 0.00908. The van der Waals surface area contributed by atoms with Gasteiger partial charge in [0.05, 0.1) is 23.0 Å². The SMILES string of the molecule is O=S(=O)(OCCCCCCCOS(=O)(=O)c1ccc(F)cc1)c1ccc(F)cc1. The van der Waals surface area contributed by atoms with E-state index in [-0.39, 0.29) is 23.0 Å². The van der Waals surface area contributed by atoms with E-state index in [2.05, 4.69) is 0 Å². The summed E-state index contributed by atoms with van der Waals surface area (Å²) in [6.45, 7) is 0.0182. The highest BCUT2D eigenvalue weighted by Gasteiger charge is 2.15. The van der Waals surface area contributed by atoms with Crippen molar-refractivity contribution in [3.8, 4) is 0 Å². The summed E-state index contributed by atoms with van der Waals surface area (Å²) in [6.07, 6.45) is 3.16. The molecule has 0 saturated heterocycles. The van der Waals surface area contributed by atoms with E-state index in [1.54, 1.807) is 0 Å². The fourth-order valence-corrected chi connectivity index (χ4v) is 4.30. The van der Waals surface area contributed by atoms with Gasteiger partial charge in [-0.1, -0.05) is 19.3 Å². The highest BCUT2D eigenvalue weighted by Crippen LogP contribution is 2.15. The standard InChI is InChI=1S/C19H22F2O6S2/c20-16-6-10-18(11-7-16)28(22,23)26-14-4-2-1-3-5-15-27-29(24,25)19-12-8-17(21)9-13-19/h6-13H,1-5,14-15H2. The van der Waals surface area contributed by atoms with Gasteiger partial charge in [0.1, 0.15) is 11.6 Å². The van der Waals surface area contributed by atoms with E-state index in [0.717, 1.165) is 55.0 Å². The molecule has 0 aromatic heterocycles. The zero-order valence-electron chi connectivity index (χ0n) is 15.6. The lowest BCUT2D eigenvalue weighted by Crippen LogP contribution is -2.08. The predicted octanol–water partition coefficient (Wildman–Crippen LogP) is 4.03. The van der Waals surface area contributed by atoms with E-state index in [9.17, 15) is 25.6 Å². The lowest BCUT2D eigenvalue weighted by atomic mass is 10.2. The molecule has 0 aliphatic carbocycles. The van der Waals surface area contributed by atoms with Gasteiger partial charge < -0.3 is 0 Å². The monoisotopic (exact) mass is 448 g/mol. The maximum absolute atomic E-state index is 12.8. The maximum atomic E-state index is 12.8. The van der Waals surface area contributed by atoms with Gasteiger partial charge in [0, 0.05) is 0 Å². The number of halogens is 2. The highest BCUT2D eigenvalue weighted by atomic mass is 32.2. The zero-order valence-corrected chi connectivity index (χ0v) is 17.2. The first-order valence-electron chi connectivity index (χ1n) is 9.01. The van der Waals surface area contributed by atoms with Crippen LogP contribution in [0.15, 0.2) is 58.3 Å². The Labute approximate surface area is 169 Å². The third-order valence-electron chi connectivity index (χ3n) is 3.97. The summed E-state index contributed by atoms with van der Waals surface area (Å²) in [6, 6.07) is 8.77. The van der Waals surface area contributed by atoms with Crippen LogP contribution >= 0.6 is 0 Å². The topological polar surface area (TPSA) is 86.7 Å². The van der Waals surface area contributed by atoms with Crippen molar-refractivity contribution in [3.05, 3.63) is 60.2 Å². The smallest absolute Gasteiger partial charge is 0.266 e. The van der Waals surface area contributed by atoms with Gasteiger partial charge in [0.15, 0.2) is 0 Å². The van der Waals surface area contributed by atoms with Gasteiger partial charge in [-0.05, 0) is 61.4 Å². The average Bonchev–Trinajstić information content (AvgIpc) is 2.67. The molecule has 0 atom stereocenters. The summed E-state index contributed by atoms with van der Waals surface area (Å²) < 4.78 is 83.1. The van der Waals surface area contributed by atoms with Crippen LogP contribution in [0.2, 0.25) is 0 Å². The van der Waals surface area contributed by atoms with Crippen LogP contribution in [0, 0.1) is 11.6 Å². The summed E-state index contributed by atoms with van der Waals surface area (Å²) in [5, 5.41) is 0. The Morgan fingerprint density at radius 3 is 1.21 bits per heavy atom. The minimum Gasteiger partial charge on any atom is -0.266 e. The maximum Gasteiger partial charge on any atom is 0.296 e. The van der Waals surface area contributed by atoms with E-state index in [1.165, 1.54) is 0 Å². The van der Waals surface area contributed by atoms with E-state index >= 15 is 0 Å². The number of rotatable bonds is 12.